The number of benzene rings is 2. The van der Waals surface area contributed by atoms with Crippen molar-refractivity contribution in [3.63, 3.8) is 0 Å². The Hall–Kier alpha value is -4.58. The van der Waals surface area contributed by atoms with Crippen LogP contribution in [0.25, 0.3) is 16.8 Å². The van der Waals surface area contributed by atoms with Crippen LogP contribution in [0.4, 0.5) is 39.1 Å². The Morgan fingerprint density at radius 3 is 2.50 bits per heavy atom. The lowest BCUT2D eigenvalue weighted by Gasteiger charge is -2.15. The molecule has 1 amide bonds. The largest absolute Gasteiger partial charge is 0.416 e. The van der Waals surface area contributed by atoms with E-state index in [2.05, 4.69) is 25.7 Å². The molecule has 0 fully saturated rings. The lowest BCUT2D eigenvalue weighted by Crippen LogP contribution is -2.16. The van der Waals surface area contributed by atoms with E-state index in [1.54, 1.807) is 18.3 Å². The van der Waals surface area contributed by atoms with Gasteiger partial charge >= 0.3 is 6.18 Å². The normalized spacial score (nSPS) is 11.5. The van der Waals surface area contributed by atoms with Gasteiger partial charge in [0.1, 0.15) is 18.0 Å². The maximum Gasteiger partial charge on any atom is 0.416 e. The molecule has 0 saturated heterocycles. The van der Waals surface area contributed by atoms with Crippen LogP contribution in [-0.4, -0.2) is 25.5 Å². The van der Waals surface area contributed by atoms with Gasteiger partial charge in [0.05, 0.1) is 22.0 Å². The van der Waals surface area contributed by atoms with Gasteiger partial charge in [-0.3, -0.25) is 4.79 Å². The van der Waals surface area contributed by atoms with Crippen molar-refractivity contribution < 1.29 is 26.7 Å². The van der Waals surface area contributed by atoms with Crippen LogP contribution in [0.3, 0.4) is 0 Å². The number of carbonyl (C=O) groups is 1. The number of rotatable bonds is 5. The molecule has 5 rings (SSSR count). The van der Waals surface area contributed by atoms with Gasteiger partial charge in [-0.05, 0) is 54.6 Å². The Morgan fingerprint density at radius 1 is 0.895 bits per heavy atom. The fourth-order valence-electron chi connectivity index (χ4n) is 3.60. The Labute approximate surface area is 215 Å². The van der Waals surface area contributed by atoms with Gasteiger partial charge in [0.15, 0.2) is 11.5 Å². The summed E-state index contributed by atoms with van der Waals surface area (Å²) in [6.45, 7) is 0. The molecule has 0 radical (unpaired) electrons. The second-order valence-electron chi connectivity index (χ2n) is 8.03. The van der Waals surface area contributed by atoms with E-state index in [0.717, 1.165) is 12.1 Å². The van der Waals surface area contributed by atoms with Gasteiger partial charge in [0.25, 0.3) is 5.91 Å². The number of anilines is 3. The molecule has 0 bridgehead atoms. The standard InChI is InChI=1S/C25H14ClF5N6O/c26-19-3-2-17(27)9-20(19)35-23-21(36-24(38)14-5-16(25(29,30)31)8-18(28)6-14)7-15(10-32-23)13-1-4-22-33-12-34-37(22)11-13/h1-12H,(H,32,35)(H,36,38). The van der Waals surface area contributed by atoms with Gasteiger partial charge in [0.2, 0.25) is 0 Å². The molecule has 38 heavy (non-hydrogen) atoms. The summed E-state index contributed by atoms with van der Waals surface area (Å²) in [4.78, 5) is 21.3. The maximum absolute atomic E-state index is 13.9. The van der Waals surface area contributed by atoms with E-state index in [1.165, 1.54) is 29.2 Å². The first-order valence-electron chi connectivity index (χ1n) is 10.8. The number of pyridine rings is 2. The summed E-state index contributed by atoms with van der Waals surface area (Å²) in [5, 5.41) is 9.48. The number of hydrogen-bond acceptors (Lipinski definition) is 5. The van der Waals surface area contributed by atoms with Crippen LogP contribution in [0, 0.1) is 11.6 Å². The van der Waals surface area contributed by atoms with E-state index < -0.39 is 34.8 Å². The number of amides is 1. The average Bonchev–Trinajstić information content (AvgIpc) is 3.34. The average molecular weight is 545 g/mol. The number of hydrogen-bond donors (Lipinski definition) is 2. The SMILES string of the molecule is O=C(Nc1cc(-c2ccc3ncnn3c2)cnc1Nc1cc(F)ccc1Cl)c1cc(F)cc(C(F)(F)F)c1. The van der Waals surface area contributed by atoms with Gasteiger partial charge in [-0.2, -0.15) is 18.3 Å². The number of carbonyl (C=O) groups excluding carboxylic acids is 1. The quantitative estimate of drug-likeness (QED) is 0.239. The number of nitrogens with zero attached hydrogens (tertiary/aromatic N) is 4. The molecular formula is C25H14ClF5N6O. The summed E-state index contributed by atoms with van der Waals surface area (Å²) >= 11 is 6.14. The topological polar surface area (TPSA) is 84.2 Å². The predicted molar refractivity (Wildman–Crippen MR) is 130 cm³/mol. The highest BCUT2D eigenvalue weighted by molar-refractivity contribution is 6.33. The van der Waals surface area contributed by atoms with Crippen molar-refractivity contribution in [2.24, 2.45) is 0 Å². The summed E-state index contributed by atoms with van der Waals surface area (Å²) in [6, 6.07) is 9.97. The monoisotopic (exact) mass is 544 g/mol. The number of nitrogens with one attached hydrogen (secondary N) is 2. The summed E-state index contributed by atoms with van der Waals surface area (Å²) in [7, 11) is 0. The van der Waals surface area contributed by atoms with Gasteiger partial charge in [-0.1, -0.05) is 11.6 Å². The minimum Gasteiger partial charge on any atom is -0.337 e. The second kappa shape index (κ2) is 9.71. The van der Waals surface area contributed by atoms with Crippen molar-refractivity contribution in [2.75, 3.05) is 10.6 Å². The van der Waals surface area contributed by atoms with Crippen molar-refractivity contribution in [1.82, 2.24) is 19.6 Å². The first-order chi connectivity index (χ1) is 18.1. The zero-order chi connectivity index (χ0) is 27.0. The van der Waals surface area contributed by atoms with E-state index in [9.17, 15) is 26.7 Å². The van der Waals surface area contributed by atoms with E-state index >= 15 is 0 Å². The summed E-state index contributed by atoms with van der Waals surface area (Å²) in [6.07, 6.45) is -0.386. The smallest absolute Gasteiger partial charge is 0.337 e. The number of aromatic nitrogens is 4. The highest BCUT2D eigenvalue weighted by Crippen LogP contribution is 2.34. The molecule has 7 nitrogen and oxygen atoms in total. The van der Waals surface area contributed by atoms with Crippen LogP contribution in [-0.2, 0) is 6.18 Å². The van der Waals surface area contributed by atoms with Crippen molar-refractivity contribution in [1.29, 1.82) is 0 Å². The van der Waals surface area contributed by atoms with Crippen molar-refractivity contribution in [2.45, 2.75) is 6.18 Å². The highest BCUT2D eigenvalue weighted by Gasteiger charge is 2.32. The predicted octanol–water partition coefficient (Wildman–Crippen LogP) is 6.74. The number of fused-ring (bicyclic) bond motifs is 1. The summed E-state index contributed by atoms with van der Waals surface area (Å²) in [5.41, 5.74) is -0.0703. The minimum absolute atomic E-state index is 0.00359. The molecule has 13 heteroatoms. The fraction of sp³-hybridized carbons (Fsp3) is 0.0400. The molecule has 0 aliphatic rings. The number of halogens is 6. The summed E-state index contributed by atoms with van der Waals surface area (Å²) < 4.78 is 68.8. The molecule has 3 heterocycles. The maximum atomic E-state index is 13.9. The molecule has 0 spiro atoms. The molecule has 0 atom stereocenters. The van der Waals surface area contributed by atoms with Gasteiger partial charge < -0.3 is 10.6 Å². The molecule has 3 aromatic heterocycles. The summed E-state index contributed by atoms with van der Waals surface area (Å²) in [5.74, 6) is -2.86. The van der Waals surface area contributed by atoms with Crippen molar-refractivity contribution in [3.05, 3.63) is 101 Å². The van der Waals surface area contributed by atoms with Crippen LogP contribution in [0.1, 0.15) is 15.9 Å². The minimum atomic E-state index is -4.86. The van der Waals surface area contributed by atoms with E-state index in [0.29, 0.717) is 28.9 Å². The molecule has 0 aliphatic carbocycles. The van der Waals surface area contributed by atoms with E-state index in [4.69, 9.17) is 11.6 Å². The van der Waals surface area contributed by atoms with Crippen LogP contribution in [0.15, 0.2) is 73.3 Å². The van der Waals surface area contributed by atoms with Crippen LogP contribution < -0.4 is 10.6 Å². The Morgan fingerprint density at radius 2 is 1.71 bits per heavy atom. The molecule has 0 unspecified atom stereocenters. The van der Waals surface area contributed by atoms with Crippen molar-refractivity contribution >= 4 is 40.3 Å². The Balaban J connectivity index is 1.56. The third-order valence-corrected chi connectivity index (χ3v) is 5.74. The van der Waals surface area contributed by atoms with E-state index in [1.807, 2.05) is 0 Å². The lowest BCUT2D eigenvalue weighted by atomic mass is 10.1. The Kier molecular flexibility index (Phi) is 6.41. The first kappa shape index (κ1) is 25.1. The fourth-order valence-corrected chi connectivity index (χ4v) is 3.77. The van der Waals surface area contributed by atoms with Gasteiger partial charge in [-0.15, -0.1) is 0 Å². The van der Waals surface area contributed by atoms with Crippen molar-refractivity contribution in [3.8, 4) is 11.1 Å². The Bertz CT molecular complexity index is 1690. The molecule has 192 valence electrons. The van der Waals surface area contributed by atoms with Crippen LogP contribution in [0.5, 0.6) is 0 Å². The molecular weight excluding hydrogens is 531 g/mol. The highest BCUT2D eigenvalue weighted by atomic mass is 35.5. The first-order valence-corrected chi connectivity index (χ1v) is 11.2. The van der Waals surface area contributed by atoms with Crippen LogP contribution in [0.2, 0.25) is 5.02 Å². The third kappa shape index (κ3) is 5.25. The molecule has 0 saturated carbocycles. The third-order valence-electron chi connectivity index (χ3n) is 5.41. The van der Waals surface area contributed by atoms with Gasteiger partial charge in [0, 0.05) is 29.1 Å². The molecule has 2 aromatic carbocycles. The van der Waals surface area contributed by atoms with E-state index in [-0.39, 0.29) is 28.3 Å². The van der Waals surface area contributed by atoms with Crippen LogP contribution >= 0.6 is 11.6 Å². The number of alkyl halides is 3. The zero-order valence-corrected chi connectivity index (χ0v) is 19.6. The molecule has 0 aliphatic heterocycles. The molecule has 2 N–H and O–H groups in total. The lowest BCUT2D eigenvalue weighted by molar-refractivity contribution is -0.137. The second-order valence-corrected chi connectivity index (χ2v) is 8.44. The van der Waals surface area contributed by atoms with Gasteiger partial charge in [-0.25, -0.2) is 23.3 Å². The molecule has 5 aromatic rings. The zero-order valence-electron chi connectivity index (χ0n) is 18.9.